The quantitative estimate of drug-likeness (QED) is 0.858. The fourth-order valence-corrected chi connectivity index (χ4v) is 2.87. The molecule has 2 rings (SSSR count). The molecule has 1 saturated carbocycles. The standard InChI is InChI=1S/C15H17Cl2NO3/c1-9(14(19)18-13-4-2-3-5-13)21-15(20)10-6-11(16)8-12(17)7-10/h6-9,13H,2-5H2,1H3,(H,18,19)/t9-/m1/s1. The molecular formula is C15H17Cl2NO3. The van der Waals surface area contributed by atoms with Gasteiger partial charge in [0.2, 0.25) is 0 Å². The first-order valence-corrected chi connectivity index (χ1v) is 7.69. The van der Waals surface area contributed by atoms with E-state index in [1.54, 1.807) is 6.92 Å². The van der Waals surface area contributed by atoms with E-state index in [2.05, 4.69) is 5.32 Å². The Labute approximate surface area is 133 Å². The summed E-state index contributed by atoms with van der Waals surface area (Å²) in [5.74, 6) is -0.892. The van der Waals surface area contributed by atoms with E-state index in [0.717, 1.165) is 25.7 Å². The van der Waals surface area contributed by atoms with Gasteiger partial charge in [0.1, 0.15) is 0 Å². The second-order valence-electron chi connectivity index (χ2n) is 5.20. The summed E-state index contributed by atoms with van der Waals surface area (Å²) in [5.41, 5.74) is 0.230. The maximum Gasteiger partial charge on any atom is 0.339 e. The third kappa shape index (κ3) is 4.61. The van der Waals surface area contributed by atoms with Crippen molar-refractivity contribution in [3.63, 3.8) is 0 Å². The Hall–Kier alpha value is -1.26. The molecule has 1 atom stereocenters. The largest absolute Gasteiger partial charge is 0.449 e. The molecule has 1 aromatic carbocycles. The number of halogens is 2. The predicted molar refractivity (Wildman–Crippen MR) is 81.7 cm³/mol. The van der Waals surface area contributed by atoms with E-state index in [4.69, 9.17) is 27.9 Å². The van der Waals surface area contributed by atoms with E-state index in [-0.39, 0.29) is 17.5 Å². The van der Waals surface area contributed by atoms with Crippen LogP contribution < -0.4 is 5.32 Å². The zero-order valence-corrected chi connectivity index (χ0v) is 13.2. The van der Waals surface area contributed by atoms with Gasteiger partial charge in [-0.3, -0.25) is 4.79 Å². The molecule has 1 aliphatic carbocycles. The first-order chi connectivity index (χ1) is 9.95. The summed E-state index contributed by atoms with van der Waals surface area (Å²) >= 11 is 11.7. The lowest BCUT2D eigenvalue weighted by Gasteiger charge is -2.17. The SMILES string of the molecule is C[C@@H](OC(=O)c1cc(Cl)cc(Cl)c1)C(=O)NC1CCCC1. The van der Waals surface area contributed by atoms with Gasteiger partial charge in [-0.25, -0.2) is 4.79 Å². The van der Waals surface area contributed by atoms with Gasteiger partial charge >= 0.3 is 5.97 Å². The van der Waals surface area contributed by atoms with E-state index in [1.807, 2.05) is 0 Å². The van der Waals surface area contributed by atoms with Crippen molar-refractivity contribution in [2.45, 2.75) is 44.8 Å². The van der Waals surface area contributed by atoms with Crippen LogP contribution in [0.3, 0.4) is 0 Å². The molecule has 0 heterocycles. The lowest BCUT2D eigenvalue weighted by molar-refractivity contribution is -0.129. The highest BCUT2D eigenvalue weighted by Crippen LogP contribution is 2.20. The molecule has 114 valence electrons. The number of amides is 1. The van der Waals surface area contributed by atoms with Crippen LogP contribution >= 0.6 is 23.2 Å². The number of benzene rings is 1. The summed E-state index contributed by atoms with van der Waals surface area (Å²) in [6.45, 7) is 1.55. The summed E-state index contributed by atoms with van der Waals surface area (Å²) in [6, 6.07) is 4.63. The van der Waals surface area contributed by atoms with Crippen LogP contribution in [0.1, 0.15) is 43.0 Å². The lowest BCUT2D eigenvalue weighted by atomic mass is 10.2. The van der Waals surface area contributed by atoms with Crippen molar-refractivity contribution in [1.82, 2.24) is 5.32 Å². The molecule has 6 heteroatoms. The Morgan fingerprint density at radius 2 is 1.76 bits per heavy atom. The van der Waals surface area contributed by atoms with Crippen LogP contribution in [0, 0.1) is 0 Å². The molecule has 1 aromatic rings. The molecule has 0 spiro atoms. The molecule has 21 heavy (non-hydrogen) atoms. The average Bonchev–Trinajstić information content (AvgIpc) is 2.90. The summed E-state index contributed by atoms with van der Waals surface area (Å²) in [5, 5.41) is 3.58. The van der Waals surface area contributed by atoms with Crippen molar-refractivity contribution in [2.24, 2.45) is 0 Å². The second kappa shape index (κ2) is 7.14. The van der Waals surface area contributed by atoms with E-state index in [1.165, 1.54) is 18.2 Å². The van der Waals surface area contributed by atoms with Crippen molar-refractivity contribution in [2.75, 3.05) is 0 Å². The third-order valence-corrected chi connectivity index (χ3v) is 3.89. The van der Waals surface area contributed by atoms with Crippen molar-refractivity contribution in [3.05, 3.63) is 33.8 Å². The van der Waals surface area contributed by atoms with Crippen molar-refractivity contribution < 1.29 is 14.3 Å². The highest BCUT2D eigenvalue weighted by molar-refractivity contribution is 6.35. The average molecular weight is 330 g/mol. The number of rotatable bonds is 4. The molecule has 1 amide bonds. The van der Waals surface area contributed by atoms with Gasteiger partial charge < -0.3 is 10.1 Å². The lowest BCUT2D eigenvalue weighted by Crippen LogP contribution is -2.40. The normalized spacial score (nSPS) is 16.5. The number of carbonyl (C=O) groups excluding carboxylic acids is 2. The van der Waals surface area contributed by atoms with Crippen molar-refractivity contribution >= 4 is 35.1 Å². The van der Waals surface area contributed by atoms with Crippen LogP contribution in [0.4, 0.5) is 0 Å². The summed E-state index contributed by atoms with van der Waals surface area (Å²) in [7, 11) is 0. The van der Waals surface area contributed by atoms with Crippen LogP contribution in [0.2, 0.25) is 10.0 Å². The fraction of sp³-hybridized carbons (Fsp3) is 0.467. The Bertz CT molecular complexity index is 521. The van der Waals surface area contributed by atoms with Crippen LogP contribution in [0.15, 0.2) is 18.2 Å². The Morgan fingerprint density at radius 1 is 1.19 bits per heavy atom. The van der Waals surface area contributed by atoms with Crippen LogP contribution in [-0.2, 0) is 9.53 Å². The maximum absolute atomic E-state index is 12.0. The molecular weight excluding hydrogens is 313 g/mol. The Kier molecular flexibility index (Phi) is 5.48. The molecule has 0 aliphatic heterocycles. The minimum Gasteiger partial charge on any atom is -0.449 e. The van der Waals surface area contributed by atoms with Crippen molar-refractivity contribution in [1.29, 1.82) is 0 Å². The monoisotopic (exact) mass is 329 g/mol. The van der Waals surface area contributed by atoms with E-state index < -0.39 is 12.1 Å². The molecule has 0 unspecified atom stereocenters. The zero-order chi connectivity index (χ0) is 15.4. The number of esters is 1. The molecule has 0 radical (unpaired) electrons. The molecule has 1 fully saturated rings. The number of carbonyl (C=O) groups is 2. The number of ether oxygens (including phenoxy) is 1. The molecule has 0 aromatic heterocycles. The van der Waals surface area contributed by atoms with Gasteiger partial charge in [0.15, 0.2) is 6.10 Å². The van der Waals surface area contributed by atoms with E-state index in [0.29, 0.717) is 10.0 Å². The molecule has 0 saturated heterocycles. The van der Waals surface area contributed by atoms with Crippen LogP contribution in [0.25, 0.3) is 0 Å². The zero-order valence-electron chi connectivity index (χ0n) is 11.7. The van der Waals surface area contributed by atoms with E-state index in [9.17, 15) is 9.59 Å². The first-order valence-electron chi connectivity index (χ1n) is 6.93. The summed E-state index contributed by atoms with van der Waals surface area (Å²) < 4.78 is 5.15. The molecule has 1 N–H and O–H groups in total. The summed E-state index contributed by atoms with van der Waals surface area (Å²) in [4.78, 5) is 23.9. The third-order valence-electron chi connectivity index (χ3n) is 3.45. The smallest absolute Gasteiger partial charge is 0.339 e. The van der Waals surface area contributed by atoms with Gasteiger partial charge in [-0.05, 0) is 38.0 Å². The van der Waals surface area contributed by atoms with Crippen LogP contribution in [0.5, 0.6) is 0 Å². The molecule has 1 aliphatic rings. The first kappa shape index (κ1) is 16.1. The Balaban J connectivity index is 1.93. The highest BCUT2D eigenvalue weighted by Gasteiger charge is 2.23. The minimum absolute atomic E-state index is 0.194. The maximum atomic E-state index is 12.0. The number of hydrogen-bond acceptors (Lipinski definition) is 3. The van der Waals surface area contributed by atoms with Gasteiger partial charge in [-0.1, -0.05) is 36.0 Å². The topological polar surface area (TPSA) is 55.4 Å². The number of hydrogen-bond donors (Lipinski definition) is 1. The predicted octanol–water partition coefficient (Wildman–Crippen LogP) is 3.60. The van der Waals surface area contributed by atoms with Gasteiger partial charge in [0.25, 0.3) is 5.91 Å². The fourth-order valence-electron chi connectivity index (χ4n) is 2.34. The molecule has 0 bridgehead atoms. The van der Waals surface area contributed by atoms with Crippen LogP contribution in [-0.4, -0.2) is 24.0 Å². The second-order valence-corrected chi connectivity index (χ2v) is 6.07. The van der Waals surface area contributed by atoms with Gasteiger partial charge in [0, 0.05) is 16.1 Å². The minimum atomic E-state index is -0.851. The van der Waals surface area contributed by atoms with Gasteiger partial charge in [-0.2, -0.15) is 0 Å². The molecule has 4 nitrogen and oxygen atoms in total. The number of nitrogens with one attached hydrogen (secondary N) is 1. The van der Waals surface area contributed by atoms with Gasteiger partial charge in [-0.15, -0.1) is 0 Å². The van der Waals surface area contributed by atoms with Gasteiger partial charge in [0.05, 0.1) is 5.56 Å². The Morgan fingerprint density at radius 3 is 2.33 bits per heavy atom. The summed E-state index contributed by atoms with van der Waals surface area (Å²) in [6.07, 6.45) is 3.36. The van der Waals surface area contributed by atoms with E-state index >= 15 is 0 Å². The highest BCUT2D eigenvalue weighted by atomic mass is 35.5. The van der Waals surface area contributed by atoms with Crippen molar-refractivity contribution in [3.8, 4) is 0 Å².